The first-order valence-corrected chi connectivity index (χ1v) is 6.88. The molecule has 1 saturated heterocycles. The number of alkyl halides is 1. The zero-order valence-electron chi connectivity index (χ0n) is 10.7. The molecule has 20 heavy (non-hydrogen) atoms. The summed E-state index contributed by atoms with van der Waals surface area (Å²) in [6, 6.07) is 7.23. The van der Waals surface area contributed by atoms with Crippen LogP contribution in [0.1, 0.15) is 23.3 Å². The van der Waals surface area contributed by atoms with Gasteiger partial charge in [-0.15, -0.1) is 0 Å². The smallest absolute Gasteiger partial charge is 0.275 e. The summed E-state index contributed by atoms with van der Waals surface area (Å²) >= 11 is 6.05. The lowest BCUT2D eigenvalue weighted by atomic mass is 10.1. The van der Waals surface area contributed by atoms with E-state index in [0.717, 1.165) is 0 Å². The molecule has 0 radical (unpaired) electrons. The minimum absolute atomic E-state index is 0.0936. The number of amides is 1. The number of rotatable bonds is 1. The lowest BCUT2D eigenvalue weighted by Crippen LogP contribution is -2.39. The van der Waals surface area contributed by atoms with E-state index in [9.17, 15) is 9.18 Å². The highest BCUT2D eigenvalue weighted by molar-refractivity contribution is 6.32. The van der Waals surface area contributed by atoms with Crippen molar-refractivity contribution in [2.45, 2.75) is 19.0 Å². The van der Waals surface area contributed by atoms with Gasteiger partial charge in [-0.05, 0) is 25.0 Å². The Balaban J connectivity index is 1.93. The Morgan fingerprint density at radius 1 is 1.20 bits per heavy atom. The van der Waals surface area contributed by atoms with Crippen molar-refractivity contribution >= 4 is 28.5 Å². The van der Waals surface area contributed by atoms with Gasteiger partial charge in [0.05, 0.1) is 11.0 Å². The maximum Gasteiger partial charge on any atom is 0.275 e. The Labute approximate surface area is 120 Å². The van der Waals surface area contributed by atoms with Crippen molar-refractivity contribution in [1.29, 1.82) is 0 Å². The first-order chi connectivity index (χ1) is 9.65. The fourth-order valence-corrected chi connectivity index (χ4v) is 2.53. The fourth-order valence-electron chi connectivity index (χ4n) is 2.32. The quantitative estimate of drug-likeness (QED) is 0.812. The third kappa shape index (κ3) is 2.45. The van der Waals surface area contributed by atoms with Crippen molar-refractivity contribution < 1.29 is 9.18 Å². The molecular formula is C14H13ClFN3O. The summed E-state index contributed by atoms with van der Waals surface area (Å²) < 4.78 is 13.1. The molecule has 1 aliphatic heterocycles. The molecule has 0 atom stereocenters. The van der Waals surface area contributed by atoms with Gasteiger partial charge in [-0.1, -0.05) is 23.7 Å². The van der Waals surface area contributed by atoms with Gasteiger partial charge in [0.15, 0.2) is 10.8 Å². The van der Waals surface area contributed by atoms with Gasteiger partial charge in [0.25, 0.3) is 5.91 Å². The lowest BCUT2D eigenvalue weighted by molar-refractivity contribution is 0.0661. The first-order valence-electron chi connectivity index (χ1n) is 6.51. The topological polar surface area (TPSA) is 46.1 Å². The van der Waals surface area contributed by atoms with E-state index >= 15 is 0 Å². The number of nitrogens with zero attached hydrogens (tertiary/aromatic N) is 3. The van der Waals surface area contributed by atoms with Crippen LogP contribution in [0.5, 0.6) is 0 Å². The number of para-hydroxylation sites is 2. The molecule has 1 fully saturated rings. The number of likely N-dealkylation sites (tertiary alicyclic amines) is 1. The summed E-state index contributed by atoms with van der Waals surface area (Å²) in [4.78, 5) is 22.4. The lowest BCUT2D eigenvalue weighted by Gasteiger charge is -2.28. The van der Waals surface area contributed by atoms with Gasteiger partial charge in [-0.3, -0.25) is 4.79 Å². The number of piperidine rings is 1. The molecule has 1 amide bonds. The van der Waals surface area contributed by atoms with Gasteiger partial charge in [0.2, 0.25) is 0 Å². The summed E-state index contributed by atoms with van der Waals surface area (Å²) in [7, 11) is 0. The molecule has 1 aromatic carbocycles. The first kappa shape index (κ1) is 13.2. The second-order valence-electron chi connectivity index (χ2n) is 4.82. The number of hydrogen-bond donors (Lipinski definition) is 0. The van der Waals surface area contributed by atoms with Crippen LogP contribution in [0.15, 0.2) is 24.3 Å². The standard InChI is InChI=1S/C14H13ClFN3O/c15-13-12(14(20)19-7-5-9(16)6-8-19)17-10-3-1-2-4-11(10)18-13/h1-4,9H,5-8H2. The highest BCUT2D eigenvalue weighted by Gasteiger charge is 2.26. The Morgan fingerprint density at radius 3 is 2.45 bits per heavy atom. The van der Waals surface area contributed by atoms with Gasteiger partial charge in [-0.2, -0.15) is 0 Å². The maximum absolute atomic E-state index is 13.1. The highest BCUT2D eigenvalue weighted by atomic mass is 35.5. The minimum atomic E-state index is -0.822. The molecule has 1 aromatic heterocycles. The molecule has 0 saturated carbocycles. The number of carbonyl (C=O) groups excluding carboxylic acids is 1. The SMILES string of the molecule is O=C(c1nc2ccccc2nc1Cl)N1CCC(F)CC1. The van der Waals surface area contributed by atoms with Crippen molar-refractivity contribution in [3.05, 3.63) is 35.1 Å². The molecule has 1 aliphatic rings. The highest BCUT2D eigenvalue weighted by Crippen LogP contribution is 2.21. The molecule has 2 heterocycles. The average Bonchev–Trinajstić information content (AvgIpc) is 2.46. The van der Waals surface area contributed by atoms with Crippen LogP contribution in [0, 0.1) is 0 Å². The Kier molecular flexibility index (Phi) is 3.53. The predicted octanol–water partition coefficient (Wildman–Crippen LogP) is 2.86. The largest absolute Gasteiger partial charge is 0.337 e. The van der Waals surface area contributed by atoms with Crippen molar-refractivity contribution in [3.63, 3.8) is 0 Å². The Bertz CT molecular complexity index is 656. The molecule has 3 rings (SSSR count). The van der Waals surface area contributed by atoms with E-state index in [2.05, 4.69) is 9.97 Å². The number of halogens is 2. The summed E-state index contributed by atoms with van der Waals surface area (Å²) in [5, 5.41) is 0.0936. The van der Waals surface area contributed by atoms with E-state index < -0.39 is 6.17 Å². The van der Waals surface area contributed by atoms with E-state index in [0.29, 0.717) is 37.0 Å². The van der Waals surface area contributed by atoms with Gasteiger partial charge >= 0.3 is 0 Å². The minimum Gasteiger partial charge on any atom is -0.337 e. The monoisotopic (exact) mass is 293 g/mol. The summed E-state index contributed by atoms with van der Waals surface area (Å²) in [6.07, 6.45) is -0.0911. The number of carbonyl (C=O) groups is 1. The van der Waals surface area contributed by atoms with Crippen molar-refractivity contribution in [2.75, 3.05) is 13.1 Å². The van der Waals surface area contributed by atoms with Crippen molar-refractivity contribution in [3.8, 4) is 0 Å². The van der Waals surface area contributed by atoms with Crippen LogP contribution >= 0.6 is 11.6 Å². The maximum atomic E-state index is 13.1. The summed E-state index contributed by atoms with van der Waals surface area (Å²) in [6.45, 7) is 0.787. The van der Waals surface area contributed by atoms with Crippen LogP contribution in [0.4, 0.5) is 4.39 Å². The molecular weight excluding hydrogens is 281 g/mol. The van der Waals surface area contributed by atoms with Crippen LogP contribution in [0.3, 0.4) is 0 Å². The van der Waals surface area contributed by atoms with E-state index in [-0.39, 0.29) is 16.8 Å². The molecule has 0 unspecified atom stereocenters. The fraction of sp³-hybridized carbons (Fsp3) is 0.357. The molecule has 4 nitrogen and oxygen atoms in total. The summed E-state index contributed by atoms with van der Waals surface area (Å²) in [5.74, 6) is -0.278. The normalized spacial score (nSPS) is 16.6. The number of benzene rings is 1. The van der Waals surface area contributed by atoms with Crippen molar-refractivity contribution in [2.24, 2.45) is 0 Å². The zero-order chi connectivity index (χ0) is 14.1. The van der Waals surface area contributed by atoms with Crippen molar-refractivity contribution in [1.82, 2.24) is 14.9 Å². The Hall–Kier alpha value is -1.75. The van der Waals surface area contributed by atoms with E-state index in [1.54, 1.807) is 17.0 Å². The summed E-state index contributed by atoms with van der Waals surface area (Å²) in [5.41, 5.74) is 1.42. The van der Waals surface area contributed by atoms with E-state index in [4.69, 9.17) is 11.6 Å². The molecule has 0 N–H and O–H groups in total. The third-order valence-corrected chi connectivity index (χ3v) is 3.71. The average molecular weight is 294 g/mol. The molecule has 2 aromatic rings. The zero-order valence-corrected chi connectivity index (χ0v) is 11.5. The van der Waals surface area contributed by atoms with Crippen LogP contribution < -0.4 is 0 Å². The Morgan fingerprint density at radius 2 is 1.80 bits per heavy atom. The molecule has 104 valence electrons. The van der Waals surface area contributed by atoms with E-state index in [1.807, 2.05) is 12.1 Å². The number of fused-ring (bicyclic) bond motifs is 1. The van der Waals surface area contributed by atoms with Crippen LogP contribution in [0.2, 0.25) is 5.15 Å². The predicted molar refractivity (Wildman–Crippen MR) is 74.6 cm³/mol. The molecule has 0 spiro atoms. The van der Waals surface area contributed by atoms with Gasteiger partial charge in [-0.25, -0.2) is 14.4 Å². The molecule has 6 heteroatoms. The number of hydrogen-bond acceptors (Lipinski definition) is 3. The second kappa shape index (κ2) is 5.32. The molecule has 0 bridgehead atoms. The van der Waals surface area contributed by atoms with Crippen LogP contribution in [-0.4, -0.2) is 40.0 Å². The van der Waals surface area contributed by atoms with Gasteiger partial charge < -0.3 is 4.90 Å². The number of aromatic nitrogens is 2. The van der Waals surface area contributed by atoms with E-state index in [1.165, 1.54) is 0 Å². The molecule has 0 aliphatic carbocycles. The second-order valence-corrected chi connectivity index (χ2v) is 5.18. The van der Waals surface area contributed by atoms with Crippen LogP contribution in [0.25, 0.3) is 11.0 Å². The van der Waals surface area contributed by atoms with Crippen LogP contribution in [-0.2, 0) is 0 Å². The van der Waals surface area contributed by atoms with Gasteiger partial charge in [0, 0.05) is 13.1 Å². The van der Waals surface area contributed by atoms with Gasteiger partial charge in [0.1, 0.15) is 6.17 Å². The third-order valence-electron chi connectivity index (χ3n) is 3.44.